The summed E-state index contributed by atoms with van der Waals surface area (Å²) in [6.45, 7) is 6.61. The summed E-state index contributed by atoms with van der Waals surface area (Å²) >= 11 is 0. The van der Waals surface area contributed by atoms with Gasteiger partial charge in [-0.3, -0.25) is 13.9 Å². The predicted molar refractivity (Wildman–Crippen MR) is 147 cm³/mol. The Kier molecular flexibility index (Phi) is 5.68. The van der Waals surface area contributed by atoms with Crippen LogP contribution in [0.4, 0.5) is 0 Å². The minimum absolute atomic E-state index is 0.113. The Morgan fingerprint density at radius 2 is 1.49 bits per heavy atom. The van der Waals surface area contributed by atoms with Gasteiger partial charge >= 0.3 is 0 Å². The van der Waals surface area contributed by atoms with Crippen LogP contribution in [-0.2, 0) is 6.42 Å². The monoisotopic (exact) mass is 489 g/mol. The van der Waals surface area contributed by atoms with Gasteiger partial charge in [0, 0.05) is 12.1 Å². The van der Waals surface area contributed by atoms with E-state index in [2.05, 4.69) is 0 Å². The van der Waals surface area contributed by atoms with Crippen LogP contribution in [0.2, 0.25) is 0 Å². The van der Waals surface area contributed by atoms with E-state index in [0.717, 1.165) is 28.0 Å². The highest BCUT2D eigenvalue weighted by Gasteiger charge is 2.24. The van der Waals surface area contributed by atoms with Gasteiger partial charge in [-0.25, -0.2) is 15.0 Å². The van der Waals surface area contributed by atoms with Gasteiger partial charge in [0.25, 0.3) is 5.56 Å². The number of aryl methyl sites for hydroxylation is 1. The average molecular weight is 490 g/mol. The van der Waals surface area contributed by atoms with Crippen molar-refractivity contribution >= 4 is 33.2 Å². The molecule has 0 aliphatic rings. The van der Waals surface area contributed by atoms with Gasteiger partial charge in [-0.2, -0.15) is 0 Å². The van der Waals surface area contributed by atoms with Crippen molar-refractivity contribution in [2.24, 2.45) is 0 Å². The first-order valence-electron chi connectivity index (χ1n) is 12.6. The molecule has 3 heterocycles. The Morgan fingerprint density at radius 1 is 0.811 bits per heavy atom. The minimum Gasteiger partial charge on any atom is -0.494 e. The average Bonchev–Trinajstić information content (AvgIpc) is 3.25. The highest BCUT2D eigenvalue weighted by Crippen LogP contribution is 2.30. The third-order valence-corrected chi connectivity index (χ3v) is 6.77. The number of ether oxygens (including phenoxy) is 1. The van der Waals surface area contributed by atoms with Gasteiger partial charge in [0.15, 0.2) is 11.3 Å². The van der Waals surface area contributed by atoms with Gasteiger partial charge in [0.1, 0.15) is 22.5 Å². The van der Waals surface area contributed by atoms with Crippen LogP contribution in [0, 0.1) is 0 Å². The second-order valence-corrected chi connectivity index (χ2v) is 8.99. The zero-order valence-corrected chi connectivity index (χ0v) is 21.0. The first-order valence-corrected chi connectivity index (χ1v) is 12.6. The summed E-state index contributed by atoms with van der Waals surface area (Å²) in [6, 6.07) is 25.3. The molecule has 0 fully saturated rings. The fourth-order valence-electron chi connectivity index (χ4n) is 4.98. The van der Waals surface area contributed by atoms with Crippen molar-refractivity contribution in [3.63, 3.8) is 0 Å². The molecule has 1 atom stereocenters. The Hall–Kier alpha value is -4.52. The largest absolute Gasteiger partial charge is 0.494 e. The number of hydrogen-bond acceptors (Lipinski definition) is 5. The van der Waals surface area contributed by atoms with Crippen molar-refractivity contribution in [2.45, 2.75) is 33.2 Å². The summed E-state index contributed by atoms with van der Waals surface area (Å²) in [6.07, 6.45) is 0.607. The molecule has 0 unspecified atom stereocenters. The molecule has 0 aliphatic heterocycles. The third-order valence-electron chi connectivity index (χ3n) is 6.77. The minimum atomic E-state index is -0.183. The quantitative estimate of drug-likeness (QED) is 0.293. The molecule has 7 heteroatoms. The molecule has 0 amide bonds. The maximum Gasteiger partial charge on any atom is 0.265 e. The maximum atomic E-state index is 14.3. The standard InChI is InChI=1S/C30H27N5O2/c1-4-25-33-28-26(30(36)34(25)19(3)20-11-7-6-8-12-20)27-29(32-24-14-10-9-13-23(24)31-27)35(28)21-15-17-22(18-16-21)37-5-2/h6-19H,4-5H2,1-3H3/t19-/m0/s1. The highest BCUT2D eigenvalue weighted by atomic mass is 16.5. The third kappa shape index (κ3) is 3.74. The van der Waals surface area contributed by atoms with Gasteiger partial charge in [-0.1, -0.05) is 49.4 Å². The Morgan fingerprint density at radius 3 is 2.16 bits per heavy atom. The van der Waals surface area contributed by atoms with Crippen molar-refractivity contribution < 1.29 is 4.74 Å². The Balaban J connectivity index is 1.72. The van der Waals surface area contributed by atoms with Gasteiger partial charge in [-0.05, 0) is 55.8 Å². The molecule has 0 saturated heterocycles. The Labute approximate surface area is 214 Å². The van der Waals surface area contributed by atoms with Gasteiger partial charge < -0.3 is 4.74 Å². The van der Waals surface area contributed by atoms with Gasteiger partial charge in [0.2, 0.25) is 0 Å². The van der Waals surface area contributed by atoms with Crippen molar-refractivity contribution in [1.29, 1.82) is 0 Å². The predicted octanol–water partition coefficient (Wildman–Crippen LogP) is 5.85. The van der Waals surface area contributed by atoms with E-state index in [0.29, 0.717) is 41.0 Å². The lowest BCUT2D eigenvalue weighted by molar-refractivity contribution is 0.340. The summed E-state index contributed by atoms with van der Waals surface area (Å²) in [5.74, 6) is 1.50. The van der Waals surface area contributed by atoms with E-state index < -0.39 is 0 Å². The zero-order valence-electron chi connectivity index (χ0n) is 21.0. The zero-order chi connectivity index (χ0) is 25.5. The number of aromatic nitrogens is 5. The molecule has 0 aliphatic carbocycles. The van der Waals surface area contributed by atoms with Crippen LogP contribution < -0.4 is 10.3 Å². The van der Waals surface area contributed by atoms with E-state index in [9.17, 15) is 4.79 Å². The van der Waals surface area contributed by atoms with Crippen molar-refractivity contribution in [3.05, 3.63) is 101 Å². The van der Waals surface area contributed by atoms with E-state index in [4.69, 9.17) is 19.7 Å². The van der Waals surface area contributed by atoms with Crippen LogP contribution in [0.15, 0.2) is 83.7 Å². The number of hydrogen-bond donors (Lipinski definition) is 0. The summed E-state index contributed by atoms with van der Waals surface area (Å²) < 4.78 is 9.39. The number of nitrogens with zero attached hydrogens (tertiary/aromatic N) is 5. The van der Waals surface area contributed by atoms with Crippen LogP contribution in [0.25, 0.3) is 38.9 Å². The molecular weight excluding hydrogens is 462 g/mol. The molecule has 37 heavy (non-hydrogen) atoms. The molecular formula is C30H27N5O2. The fourth-order valence-corrected chi connectivity index (χ4v) is 4.98. The normalized spacial score (nSPS) is 12.4. The van der Waals surface area contributed by atoms with Crippen molar-refractivity contribution in [3.8, 4) is 11.4 Å². The van der Waals surface area contributed by atoms with Gasteiger partial charge in [0.05, 0.1) is 23.7 Å². The molecule has 0 saturated carbocycles. The number of benzene rings is 3. The fraction of sp³-hybridized carbons (Fsp3) is 0.200. The molecule has 0 spiro atoms. The van der Waals surface area contributed by atoms with Crippen LogP contribution in [0.3, 0.4) is 0 Å². The SMILES string of the molecule is CCOc1ccc(-n2c3nc4ccccc4nc3c3c(=O)n([C@@H](C)c4ccccc4)c(CC)nc32)cc1. The lowest BCUT2D eigenvalue weighted by atomic mass is 10.1. The van der Waals surface area contributed by atoms with Crippen molar-refractivity contribution in [1.82, 2.24) is 24.1 Å². The number of para-hydroxylation sites is 2. The lowest BCUT2D eigenvalue weighted by Gasteiger charge is -2.19. The maximum absolute atomic E-state index is 14.3. The lowest BCUT2D eigenvalue weighted by Crippen LogP contribution is -2.28. The summed E-state index contributed by atoms with van der Waals surface area (Å²) in [5.41, 5.74) is 5.00. The number of rotatable bonds is 6. The van der Waals surface area contributed by atoms with E-state index >= 15 is 0 Å². The molecule has 184 valence electrons. The van der Waals surface area contributed by atoms with Gasteiger partial charge in [-0.15, -0.1) is 0 Å². The van der Waals surface area contributed by atoms with Crippen LogP contribution in [0.5, 0.6) is 5.75 Å². The molecule has 6 rings (SSSR count). The summed E-state index contributed by atoms with van der Waals surface area (Å²) in [7, 11) is 0. The second kappa shape index (κ2) is 9.17. The molecule has 6 aromatic rings. The molecule has 7 nitrogen and oxygen atoms in total. The summed E-state index contributed by atoms with van der Waals surface area (Å²) in [5, 5.41) is 0.474. The first kappa shape index (κ1) is 22.9. The van der Waals surface area contributed by atoms with Crippen LogP contribution in [-0.4, -0.2) is 30.7 Å². The smallest absolute Gasteiger partial charge is 0.265 e. The molecule has 0 radical (unpaired) electrons. The second-order valence-electron chi connectivity index (χ2n) is 8.99. The first-order chi connectivity index (χ1) is 18.1. The van der Waals surface area contributed by atoms with E-state index in [1.807, 2.05) is 104 Å². The van der Waals surface area contributed by atoms with Crippen LogP contribution >= 0.6 is 0 Å². The van der Waals surface area contributed by atoms with Crippen LogP contribution in [0.1, 0.15) is 38.2 Å². The molecule has 3 aromatic heterocycles. The highest BCUT2D eigenvalue weighted by molar-refractivity contribution is 6.05. The van der Waals surface area contributed by atoms with Crippen molar-refractivity contribution in [2.75, 3.05) is 6.61 Å². The molecule has 0 bridgehead atoms. The van der Waals surface area contributed by atoms with E-state index in [-0.39, 0.29) is 11.6 Å². The van der Waals surface area contributed by atoms with E-state index in [1.165, 1.54) is 0 Å². The topological polar surface area (TPSA) is 74.8 Å². The molecule has 0 N–H and O–H groups in total. The van der Waals surface area contributed by atoms with E-state index in [1.54, 1.807) is 4.57 Å². The summed E-state index contributed by atoms with van der Waals surface area (Å²) in [4.78, 5) is 29.2. The number of fused-ring (bicyclic) bond motifs is 4. The Bertz CT molecular complexity index is 1800. The molecule has 3 aromatic carbocycles.